The number of anilines is 1. The van der Waals surface area contributed by atoms with E-state index in [4.69, 9.17) is 10.00 Å². The lowest BCUT2D eigenvalue weighted by Gasteiger charge is -2.27. The molecule has 1 aromatic carbocycles. The van der Waals surface area contributed by atoms with Gasteiger partial charge in [0.15, 0.2) is 0 Å². The lowest BCUT2D eigenvalue weighted by Crippen LogP contribution is -2.31. The first kappa shape index (κ1) is 17.3. The number of hydrogen-bond donors (Lipinski definition) is 0. The Balaban J connectivity index is 3.13. The van der Waals surface area contributed by atoms with Crippen molar-refractivity contribution < 1.29 is 17.9 Å². The molecule has 0 fully saturated rings. The summed E-state index contributed by atoms with van der Waals surface area (Å²) in [6.07, 6.45) is -4.51. The lowest BCUT2D eigenvalue weighted by molar-refractivity contribution is -0.137. The quantitative estimate of drug-likeness (QED) is 0.804. The van der Waals surface area contributed by atoms with Gasteiger partial charge in [-0.2, -0.15) is 18.4 Å². The number of nitrogens with zero attached hydrogens (tertiary/aromatic N) is 2. The first-order valence-electron chi connectivity index (χ1n) is 6.64. The number of halogens is 3. The third-order valence-corrected chi connectivity index (χ3v) is 2.95. The molecule has 0 aromatic heterocycles. The second-order valence-corrected chi connectivity index (χ2v) is 5.17. The van der Waals surface area contributed by atoms with E-state index in [-0.39, 0.29) is 5.56 Å². The highest BCUT2D eigenvalue weighted by molar-refractivity contribution is 5.55. The number of benzene rings is 1. The zero-order valence-electron chi connectivity index (χ0n) is 12.4. The van der Waals surface area contributed by atoms with Crippen molar-refractivity contribution in [2.75, 3.05) is 31.7 Å². The Kier molecular flexibility index (Phi) is 6.03. The van der Waals surface area contributed by atoms with Gasteiger partial charge in [-0.3, -0.25) is 0 Å². The number of alkyl halides is 3. The molecule has 0 N–H and O–H groups in total. The summed E-state index contributed by atoms with van der Waals surface area (Å²) in [6.45, 7) is 5.75. The van der Waals surface area contributed by atoms with Crippen LogP contribution in [0.15, 0.2) is 18.2 Å². The molecular weight excluding hydrogens is 281 g/mol. The van der Waals surface area contributed by atoms with E-state index < -0.39 is 11.7 Å². The normalized spacial score (nSPS) is 11.5. The van der Waals surface area contributed by atoms with Gasteiger partial charge in [0, 0.05) is 25.9 Å². The first-order chi connectivity index (χ1) is 9.79. The summed E-state index contributed by atoms with van der Waals surface area (Å²) in [4.78, 5) is 1.93. The van der Waals surface area contributed by atoms with Gasteiger partial charge in [-0.15, -0.1) is 0 Å². The zero-order valence-corrected chi connectivity index (χ0v) is 12.4. The average molecular weight is 300 g/mol. The summed E-state index contributed by atoms with van der Waals surface area (Å²) in [5.74, 6) is 0.342. The molecule has 0 saturated heterocycles. The molecule has 116 valence electrons. The summed E-state index contributed by atoms with van der Waals surface area (Å²) in [6, 6.07) is 5.29. The van der Waals surface area contributed by atoms with Crippen molar-refractivity contribution in [2.45, 2.75) is 20.0 Å². The molecular formula is C15H19F3N2O. The molecule has 0 bridgehead atoms. The first-order valence-corrected chi connectivity index (χ1v) is 6.64. The van der Waals surface area contributed by atoms with Crippen molar-refractivity contribution in [3.05, 3.63) is 29.3 Å². The van der Waals surface area contributed by atoms with Gasteiger partial charge in [0.2, 0.25) is 0 Å². The Labute approximate surface area is 122 Å². The van der Waals surface area contributed by atoms with E-state index in [1.54, 1.807) is 13.2 Å². The fourth-order valence-electron chi connectivity index (χ4n) is 2.04. The van der Waals surface area contributed by atoms with Crippen LogP contribution < -0.4 is 4.90 Å². The van der Waals surface area contributed by atoms with Crippen LogP contribution in [-0.4, -0.2) is 26.8 Å². The van der Waals surface area contributed by atoms with Gasteiger partial charge in [-0.05, 0) is 24.1 Å². The molecule has 1 aromatic rings. The number of nitriles is 1. The molecule has 0 unspecified atom stereocenters. The zero-order chi connectivity index (χ0) is 16.0. The van der Waals surface area contributed by atoms with Crippen molar-refractivity contribution in [1.82, 2.24) is 0 Å². The van der Waals surface area contributed by atoms with E-state index in [1.807, 2.05) is 18.7 Å². The van der Waals surface area contributed by atoms with Crippen LogP contribution in [-0.2, 0) is 10.9 Å². The van der Waals surface area contributed by atoms with Crippen molar-refractivity contribution in [3.63, 3.8) is 0 Å². The minimum Gasteiger partial charge on any atom is -0.383 e. The smallest absolute Gasteiger partial charge is 0.383 e. The second-order valence-electron chi connectivity index (χ2n) is 5.17. The highest BCUT2D eigenvalue weighted by Gasteiger charge is 2.33. The maximum atomic E-state index is 12.8. The maximum Gasteiger partial charge on any atom is 0.417 e. The molecule has 21 heavy (non-hydrogen) atoms. The van der Waals surface area contributed by atoms with Crippen LogP contribution in [0.2, 0.25) is 0 Å². The SMILES string of the molecule is COCCN(CC(C)C)c1ccc(C(F)(F)F)c(C#N)c1. The van der Waals surface area contributed by atoms with E-state index >= 15 is 0 Å². The van der Waals surface area contributed by atoms with Crippen molar-refractivity contribution in [2.24, 2.45) is 5.92 Å². The maximum absolute atomic E-state index is 12.8. The average Bonchev–Trinajstić information content (AvgIpc) is 2.41. The van der Waals surface area contributed by atoms with Gasteiger partial charge in [-0.25, -0.2) is 0 Å². The van der Waals surface area contributed by atoms with Gasteiger partial charge in [-0.1, -0.05) is 13.8 Å². The molecule has 6 heteroatoms. The van der Waals surface area contributed by atoms with E-state index in [0.29, 0.717) is 31.3 Å². The molecule has 0 spiro atoms. The van der Waals surface area contributed by atoms with Gasteiger partial charge in [0.25, 0.3) is 0 Å². The number of rotatable bonds is 6. The molecule has 3 nitrogen and oxygen atoms in total. The van der Waals surface area contributed by atoms with Crippen LogP contribution in [0.3, 0.4) is 0 Å². The molecule has 0 aliphatic carbocycles. The van der Waals surface area contributed by atoms with Crippen LogP contribution in [0.25, 0.3) is 0 Å². The highest BCUT2D eigenvalue weighted by Crippen LogP contribution is 2.33. The third-order valence-electron chi connectivity index (χ3n) is 2.95. The van der Waals surface area contributed by atoms with E-state index in [2.05, 4.69) is 0 Å². The Morgan fingerprint density at radius 1 is 1.33 bits per heavy atom. The molecule has 0 aliphatic heterocycles. The van der Waals surface area contributed by atoms with Gasteiger partial charge >= 0.3 is 6.18 Å². The standard InChI is InChI=1S/C15H19F3N2O/c1-11(2)10-20(6-7-21-3)13-4-5-14(15(16,17)18)12(8-13)9-19/h4-5,8,11H,6-7,10H2,1-3H3. The van der Waals surface area contributed by atoms with Gasteiger partial charge in [0.1, 0.15) is 0 Å². The lowest BCUT2D eigenvalue weighted by atomic mass is 10.1. The Morgan fingerprint density at radius 3 is 2.48 bits per heavy atom. The van der Waals surface area contributed by atoms with Crippen LogP contribution >= 0.6 is 0 Å². The van der Waals surface area contributed by atoms with Crippen LogP contribution in [0.5, 0.6) is 0 Å². The molecule has 0 atom stereocenters. The molecule has 1 rings (SSSR count). The molecule has 0 aliphatic rings. The minimum atomic E-state index is -4.51. The summed E-state index contributed by atoms with van der Waals surface area (Å²) < 4.78 is 43.4. The molecule has 0 radical (unpaired) electrons. The predicted octanol–water partition coefficient (Wildman–Crippen LogP) is 3.69. The number of hydrogen-bond acceptors (Lipinski definition) is 3. The molecule has 0 saturated carbocycles. The second kappa shape index (κ2) is 7.32. The van der Waals surface area contributed by atoms with Crippen LogP contribution in [0.4, 0.5) is 18.9 Å². The van der Waals surface area contributed by atoms with Crippen molar-refractivity contribution in [3.8, 4) is 6.07 Å². The monoisotopic (exact) mass is 300 g/mol. The van der Waals surface area contributed by atoms with E-state index in [9.17, 15) is 13.2 Å². The van der Waals surface area contributed by atoms with Crippen molar-refractivity contribution >= 4 is 5.69 Å². The van der Waals surface area contributed by atoms with Gasteiger partial charge in [0.05, 0.1) is 23.8 Å². The minimum absolute atomic E-state index is 0.342. The van der Waals surface area contributed by atoms with Gasteiger partial charge < -0.3 is 9.64 Å². The largest absolute Gasteiger partial charge is 0.417 e. The fourth-order valence-corrected chi connectivity index (χ4v) is 2.04. The summed E-state index contributed by atoms with van der Waals surface area (Å²) in [7, 11) is 1.57. The number of ether oxygens (including phenoxy) is 1. The third kappa shape index (κ3) is 4.94. The Bertz CT molecular complexity index is 507. The molecule has 0 heterocycles. The molecule has 0 amide bonds. The summed E-state index contributed by atoms with van der Waals surface area (Å²) in [5, 5.41) is 8.95. The van der Waals surface area contributed by atoms with Crippen LogP contribution in [0, 0.1) is 17.2 Å². The van der Waals surface area contributed by atoms with E-state index in [0.717, 1.165) is 6.07 Å². The Hall–Kier alpha value is -1.74. The summed E-state index contributed by atoms with van der Waals surface area (Å²) in [5.41, 5.74) is -0.651. The van der Waals surface area contributed by atoms with Crippen LogP contribution in [0.1, 0.15) is 25.0 Å². The highest BCUT2D eigenvalue weighted by atomic mass is 19.4. The fraction of sp³-hybridized carbons (Fsp3) is 0.533. The topological polar surface area (TPSA) is 36.3 Å². The van der Waals surface area contributed by atoms with Crippen molar-refractivity contribution in [1.29, 1.82) is 5.26 Å². The predicted molar refractivity (Wildman–Crippen MR) is 75.1 cm³/mol. The Morgan fingerprint density at radius 2 is 2.00 bits per heavy atom. The number of methoxy groups -OCH3 is 1. The van der Waals surface area contributed by atoms with E-state index in [1.165, 1.54) is 12.1 Å². The summed E-state index contributed by atoms with van der Waals surface area (Å²) >= 11 is 0.